The highest BCUT2D eigenvalue weighted by atomic mass is 16.5. The molecule has 0 aliphatic carbocycles. The quantitative estimate of drug-likeness (QED) is 0.515. The SMILES string of the molecule is C=CCNC(=NCCc1ccco1)N1CCC2(CCOCC2)C1. The zero-order valence-corrected chi connectivity index (χ0v) is 13.8. The molecule has 3 rings (SSSR count). The predicted octanol–water partition coefficient (Wildman–Crippen LogP) is 2.46. The molecule has 1 spiro atoms. The molecule has 1 aromatic heterocycles. The van der Waals surface area contributed by atoms with Crippen LogP contribution in [0.4, 0.5) is 0 Å². The summed E-state index contributed by atoms with van der Waals surface area (Å²) in [5.74, 6) is 1.99. The molecule has 3 heterocycles. The van der Waals surface area contributed by atoms with Crippen LogP contribution >= 0.6 is 0 Å². The van der Waals surface area contributed by atoms with Gasteiger partial charge in [0.25, 0.3) is 0 Å². The van der Waals surface area contributed by atoms with Gasteiger partial charge in [-0.05, 0) is 36.8 Å². The first-order chi connectivity index (χ1) is 11.3. The molecule has 5 nitrogen and oxygen atoms in total. The van der Waals surface area contributed by atoms with Gasteiger partial charge in [-0.1, -0.05) is 6.08 Å². The Balaban J connectivity index is 1.60. The third kappa shape index (κ3) is 4.16. The van der Waals surface area contributed by atoms with Crippen molar-refractivity contribution in [3.63, 3.8) is 0 Å². The molecule has 1 aromatic rings. The Bertz CT molecular complexity index is 518. The van der Waals surface area contributed by atoms with Crippen LogP contribution in [-0.2, 0) is 11.2 Å². The maximum atomic E-state index is 5.53. The maximum absolute atomic E-state index is 5.53. The highest BCUT2D eigenvalue weighted by molar-refractivity contribution is 5.80. The minimum atomic E-state index is 0.426. The Kier molecular flexibility index (Phi) is 5.39. The van der Waals surface area contributed by atoms with Gasteiger partial charge in [-0.15, -0.1) is 6.58 Å². The molecular weight excluding hydrogens is 290 g/mol. The van der Waals surface area contributed by atoms with Crippen molar-refractivity contribution in [3.05, 3.63) is 36.8 Å². The lowest BCUT2D eigenvalue weighted by molar-refractivity contribution is 0.0218. The van der Waals surface area contributed by atoms with Gasteiger partial charge in [-0.3, -0.25) is 4.99 Å². The zero-order valence-electron chi connectivity index (χ0n) is 13.8. The largest absolute Gasteiger partial charge is 0.469 e. The first-order valence-electron chi connectivity index (χ1n) is 8.56. The Labute approximate surface area is 138 Å². The van der Waals surface area contributed by atoms with Crippen LogP contribution in [0.2, 0.25) is 0 Å². The van der Waals surface area contributed by atoms with Crippen molar-refractivity contribution in [3.8, 4) is 0 Å². The van der Waals surface area contributed by atoms with E-state index in [-0.39, 0.29) is 0 Å². The van der Waals surface area contributed by atoms with E-state index in [1.54, 1.807) is 6.26 Å². The van der Waals surface area contributed by atoms with Gasteiger partial charge in [-0.25, -0.2) is 0 Å². The molecular formula is C18H27N3O2. The Hall–Kier alpha value is -1.75. The molecule has 126 valence electrons. The van der Waals surface area contributed by atoms with E-state index >= 15 is 0 Å². The van der Waals surface area contributed by atoms with Crippen molar-refractivity contribution < 1.29 is 9.15 Å². The smallest absolute Gasteiger partial charge is 0.194 e. The van der Waals surface area contributed by atoms with Crippen LogP contribution in [0.15, 0.2) is 40.5 Å². The van der Waals surface area contributed by atoms with E-state index in [2.05, 4.69) is 16.8 Å². The fourth-order valence-corrected chi connectivity index (χ4v) is 3.49. The van der Waals surface area contributed by atoms with Crippen molar-refractivity contribution >= 4 is 5.96 Å². The van der Waals surface area contributed by atoms with Crippen molar-refractivity contribution in [2.75, 3.05) is 39.4 Å². The number of ether oxygens (including phenoxy) is 1. The van der Waals surface area contributed by atoms with E-state index in [1.165, 1.54) is 19.3 Å². The summed E-state index contributed by atoms with van der Waals surface area (Å²) in [5, 5.41) is 3.41. The number of nitrogens with zero attached hydrogens (tertiary/aromatic N) is 2. The lowest BCUT2D eigenvalue weighted by Gasteiger charge is -2.33. The maximum Gasteiger partial charge on any atom is 0.194 e. The van der Waals surface area contributed by atoms with Gasteiger partial charge in [0.1, 0.15) is 5.76 Å². The standard InChI is InChI=1S/C18H27N3O2/c1-2-9-19-17(20-10-5-16-4-3-12-23-16)21-11-6-18(15-21)7-13-22-14-8-18/h2-4,12H,1,5-11,13-15H2,(H,19,20). The van der Waals surface area contributed by atoms with Crippen LogP contribution in [0.1, 0.15) is 25.0 Å². The molecule has 0 bridgehead atoms. The summed E-state index contributed by atoms with van der Waals surface area (Å²) in [6.07, 6.45) is 8.01. The summed E-state index contributed by atoms with van der Waals surface area (Å²) in [4.78, 5) is 7.19. The van der Waals surface area contributed by atoms with Gasteiger partial charge in [-0.2, -0.15) is 0 Å². The van der Waals surface area contributed by atoms with Crippen LogP contribution in [0.3, 0.4) is 0 Å². The number of aliphatic imine (C=N–C) groups is 1. The van der Waals surface area contributed by atoms with E-state index in [1.807, 2.05) is 18.2 Å². The lowest BCUT2D eigenvalue weighted by atomic mass is 9.80. The summed E-state index contributed by atoms with van der Waals surface area (Å²) in [6.45, 7) is 9.23. The van der Waals surface area contributed by atoms with Crippen molar-refractivity contribution in [1.29, 1.82) is 0 Å². The van der Waals surface area contributed by atoms with Gasteiger partial charge in [0.2, 0.25) is 0 Å². The summed E-state index contributed by atoms with van der Waals surface area (Å²) < 4.78 is 10.9. The van der Waals surface area contributed by atoms with Crippen LogP contribution in [-0.4, -0.2) is 50.3 Å². The predicted molar refractivity (Wildman–Crippen MR) is 91.6 cm³/mol. The zero-order chi connectivity index (χ0) is 16.0. The lowest BCUT2D eigenvalue weighted by Crippen LogP contribution is -2.42. The average Bonchev–Trinajstić information content (AvgIpc) is 3.22. The second-order valence-electron chi connectivity index (χ2n) is 6.49. The van der Waals surface area contributed by atoms with E-state index in [4.69, 9.17) is 14.1 Å². The summed E-state index contributed by atoms with van der Waals surface area (Å²) in [7, 11) is 0. The second kappa shape index (κ2) is 7.68. The van der Waals surface area contributed by atoms with E-state index in [0.717, 1.165) is 57.5 Å². The highest BCUT2D eigenvalue weighted by Crippen LogP contribution is 2.39. The van der Waals surface area contributed by atoms with Crippen LogP contribution in [0, 0.1) is 5.41 Å². The monoisotopic (exact) mass is 317 g/mol. The summed E-state index contributed by atoms with van der Waals surface area (Å²) in [6, 6.07) is 3.92. The molecule has 0 saturated carbocycles. The normalized spacial score (nSPS) is 20.9. The molecule has 0 radical (unpaired) electrons. The third-order valence-electron chi connectivity index (χ3n) is 4.90. The van der Waals surface area contributed by atoms with Crippen molar-refractivity contribution in [1.82, 2.24) is 10.2 Å². The number of hydrogen-bond donors (Lipinski definition) is 1. The molecule has 0 unspecified atom stereocenters. The van der Waals surface area contributed by atoms with E-state index < -0.39 is 0 Å². The van der Waals surface area contributed by atoms with Gasteiger partial charge >= 0.3 is 0 Å². The van der Waals surface area contributed by atoms with Gasteiger partial charge in [0.05, 0.1) is 6.26 Å². The molecule has 2 aliphatic rings. The van der Waals surface area contributed by atoms with E-state index in [9.17, 15) is 0 Å². The topological polar surface area (TPSA) is 50.0 Å². The van der Waals surface area contributed by atoms with Gasteiger partial charge in [0, 0.05) is 45.8 Å². The summed E-state index contributed by atoms with van der Waals surface area (Å²) >= 11 is 0. The minimum Gasteiger partial charge on any atom is -0.469 e. The third-order valence-corrected chi connectivity index (χ3v) is 4.90. The molecule has 0 amide bonds. The first-order valence-corrected chi connectivity index (χ1v) is 8.56. The van der Waals surface area contributed by atoms with Crippen LogP contribution in [0.25, 0.3) is 0 Å². The Morgan fingerprint density at radius 1 is 1.39 bits per heavy atom. The molecule has 1 N–H and O–H groups in total. The fourth-order valence-electron chi connectivity index (χ4n) is 3.49. The second-order valence-corrected chi connectivity index (χ2v) is 6.49. The molecule has 0 aromatic carbocycles. The first kappa shape index (κ1) is 16.1. The number of guanidine groups is 1. The number of likely N-dealkylation sites (tertiary alicyclic amines) is 1. The number of rotatable bonds is 5. The Morgan fingerprint density at radius 2 is 2.26 bits per heavy atom. The van der Waals surface area contributed by atoms with Crippen LogP contribution in [0.5, 0.6) is 0 Å². The summed E-state index contributed by atoms with van der Waals surface area (Å²) in [5.41, 5.74) is 0.426. The van der Waals surface area contributed by atoms with Crippen LogP contribution < -0.4 is 5.32 Å². The van der Waals surface area contributed by atoms with Gasteiger partial charge < -0.3 is 19.4 Å². The van der Waals surface area contributed by atoms with E-state index in [0.29, 0.717) is 5.41 Å². The number of nitrogens with one attached hydrogen (secondary N) is 1. The molecule has 2 fully saturated rings. The fraction of sp³-hybridized carbons (Fsp3) is 0.611. The minimum absolute atomic E-state index is 0.426. The molecule has 5 heteroatoms. The molecule has 0 atom stereocenters. The van der Waals surface area contributed by atoms with Gasteiger partial charge in [0.15, 0.2) is 5.96 Å². The number of hydrogen-bond acceptors (Lipinski definition) is 3. The average molecular weight is 317 g/mol. The molecule has 23 heavy (non-hydrogen) atoms. The van der Waals surface area contributed by atoms with Crippen molar-refractivity contribution in [2.24, 2.45) is 10.4 Å². The molecule has 2 aliphatic heterocycles. The van der Waals surface area contributed by atoms with Crippen molar-refractivity contribution in [2.45, 2.75) is 25.7 Å². The number of furan rings is 1. The highest BCUT2D eigenvalue weighted by Gasteiger charge is 2.40. The Morgan fingerprint density at radius 3 is 3.00 bits per heavy atom. The molecule has 2 saturated heterocycles.